The lowest BCUT2D eigenvalue weighted by Crippen LogP contribution is -2.39. The summed E-state index contributed by atoms with van der Waals surface area (Å²) in [6.45, 7) is 5.29. The number of methoxy groups -OCH3 is 1. The molecule has 3 nitrogen and oxygen atoms in total. The van der Waals surface area contributed by atoms with Crippen molar-refractivity contribution in [2.24, 2.45) is 5.92 Å². The van der Waals surface area contributed by atoms with E-state index in [1.165, 1.54) is 0 Å². The smallest absolute Gasteiger partial charge is 0.227 e. The molecule has 2 rings (SSSR count). The van der Waals surface area contributed by atoms with Crippen molar-refractivity contribution in [3.63, 3.8) is 0 Å². The predicted molar refractivity (Wildman–Crippen MR) is 76.3 cm³/mol. The number of para-hydroxylation sites is 1. The van der Waals surface area contributed by atoms with Gasteiger partial charge in [0.15, 0.2) is 0 Å². The Hall–Kier alpha value is -1.51. The first kappa shape index (κ1) is 13.9. The van der Waals surface area contributed by atoms with E-state index < -0.39 is 0 Å². The zero-order valence-electron chi connectivity index (χ0n) is 12.1. The highest BCUT2D eigenvalue weighted by molar-refractivity contribution is 5.80. The Balaban J connectivity index is 2.08. The highest BCUT2D eigenvalue weighted by Gasteiger charge is 2.30. The van der Waals surface area contributed by atoms with Crippen LogP contribution in [0.4, 0.5) is 0 Å². The van der Waals surface area contributed by atoms with Gasteiger partial charge < -0.3 is 9.64 Å². The molecule has 1 aliphatic heterocycles. The van der Waals surface area contributed by atoms with Gasteiger partial charge in [0.25, 0.3) is 0 Å². The fraction of sp³-hybridized carbons (Fsp3) is 0.562. The molecule has 1 heterocycles. The van der Waals surface area contributed by atoms with Gasteiger partial charge in [0.05, 0.1) is 13.5 Å². The molecule has 0 N–H and O–H groups in total. The summed E-state index contributed by atoms with van der Waals surface area (Å²) in [5, 5.41) is 0. The topological polar surface area (TPSA) is 29.5 Å². The van der Waals surface area contributed by atoms with Crippen LogP contribution in [-0.2, 0) is 11.2 Å². The largest absolute Gasteiger partial charge is 0.496 e. The third kappa shape index (κ3) is 3.09. The minimum atomic E-state index is 0.223. The summed E-state index contributed by atoms with van der Waals surface area (Å²) in [5.74, 6) is 1.56. The van der Waals surface area contributed by atoms with Crippen molar-refractivity contribution in [2.75, 3.05) is 13.7 Å². The molecule has 0 saturated carbocycles. The predicted octanol–water partition coefficient (Wildman–Crippen LogP) is 2.88. The number of likely N-dealkylation sites (tertiary alicyclic amines) is 1. The molecule has 1 aliphatic rings. The van der Waals surface area contributed by atoms with Crippen LogP contribution in [0.1, 0.15) is 32.3 Å². The van der Waals surface area contributed by atoms with Crippen LogP contribution in [0, 0.1) is 5.92 Å². The van der Waals surface area contributed by atoms with E-state index in [0.29, 0.717) is 18.4 Å². The second-order valence-corrected chi connectivity index (χ2v) is 5.53. The van der Waals surface area contributed by atoms with Crippen molar-refractivity contribution in [1.82, 2.24) is 4.90 Å². The molecule has 1 atom stereocenters. The molecule has 0 spiro atoms. The third-order valence-electron chi connectivity index (χ3n) is 3.92. The first-order valence-electron chi connectivity index (χ1n) is 7.05. The van der Waals surface area contributed by atoms with Crippen LogP contribution < -0.4 is 4.74 Å². The van der Waals surface area contributed by atoms with E-state index in [0.717, 1.165) is 30.7 Å². The molecule has 1 saturated heterocycles. The summed E-state index contributed by atoms with van der Waals surface area (Å²) < 4.78 is 5.31. The van der Waals surface area contributed by atoms with Gasteiger partial charge in [-0.15, -0.1) is 0 Å². The van der Waals surface area contributed by atoms with Crippen LogP contribution in [0.15, 0.2) is 24.3 Å². The number of carbonyl (C=O) groups excluding carboxylic acids is 1. The van der Waals surface area contributed by atoms with E-state index in [9.17, 15) is 4.79 Å². The number of benzene rings is 1. The zero-order valence-corrected chi connectivity index (χ0v) is 12.1. The van der Waals surface area contributed by atoms with E-state index in [1.54, 1.807) is 7.11 Å². The Morgan fingerprint density at radius 1 is 1.42 bits per heavy atom. The summed E-state index contributed by atoms with van der Waals surface area (Å²) in [5.41, 5.74) is 0.976. The number of hydrogen-bond acceptors (Lipinski definition) is 2. The number of amides is 1. The van der Waals surface area contributed by atoms with Crippen LogP contribution in [0.25, 0.3) is 0 Å². The lowest BCUT2D eigenvalue weighted by Gasteiger charge is -2.28. The number of rotatable bonds is 4. The summed E-state index contributed by atoms with van der Waals surface area (Å²) >= 11 is 0. The van der Waals surface area contributed by atoms with Gasteiger partial charge in [0, 0.05) is 18.2 Å². The van der Waals surface area contributed by atoms with Crippen LogP contribution in [0.3, 0.4) is 0 Å². The Bertz CT molecular complexity index is 442. The summed E-state index contributed by atoms with van der Waals surface area (Å²) in [7, 11) is 1.65. The Kier molecular flexibility index (Phi) is 4.46. The fourth-order valence-corrected chi connectivity index (χ4v) is 2.91. The molecule has 0 aromatic heterocycles. The third-order valence-corrected chi connectivity index (χ3v) is 3.92. The van der Waals surface area contributed by atoms with Crippen molar-refractivity contribution in [1.29, 1.82) is 0 Å². The molecular weight excluding hydrogens is 238 g/mol. The normalized spacial score (nSPS) is 18.9. The molecule has 1 aromatic rings. The molecule has 1 unspecified atom stereocenters. The first-order valence-corrected chi connectivity index (χ1v) is 7.05. The molecule has 104 valence electrons. The summed E-state index contributed by atoms with van der Waals surface area (Å²) in [6, 6.07) is 8.17. The van der Waals surface area contributed by atoms with E-state index in [2.05, 4.69) is 18.7 Å². The maximum atomic E-state index is 12.5. The van der Waals surface area contributed by atoms with Gasteiger partial charge in [-0.3, -0.25) is 4.79 Å². The lowest BCUT2D eigenvalue weighted by atomic mass is 10.0. The molecule has 1 fully saturated rings. The van der Waals surface area contributed by atoms with Gasteiger partial charge in [-0.05, 0) is 24.8 Å². The van der Waals surface area contributed by atoms with Gasteiger partial charge in [-0.25, -0.2) is 0 Å². The standard InChI is InChI=1S/C16H23NO2/c1-12(2)14-8-6-10-17(14)16(18)11-13-7-4-5-9-15(13)19-3/h4-5,7,9,12,14H,6,8,10-11H2,1-3H3. The molecule has 1 aromatic carbocycles. The first-order chi connectivity index (χ1) is 9.13. The van der Waals surface area contributed by atoms with Crippen LogP contribution in [-0.4, -0.2) is 30.5 Å². The van der Waals surface area contributed by atoms with E-state index in [-0.39, 0.29) is 5.91 Å². The summed E-state index contributed by atoms with van der Waals surface area (Å²) in [4.78, 5) is 14.5. The molecule has 3 heteroatoms. The maximum absolute atomic E-state index is 12.5. The second-order valence-electron chi connectivity index (χ2n) is 5.53. The fourth-order valence-electron chi connectivity index (χ4n) is 2.91. The average Bonchev–Trinajstić information content (AvgIpc) is 2.88. The molecule has 0 bridgehead atoms. The highest BCUT2D eigenvalue weighted by atomic mass is 16.5. The van der Waals surface area contributed by atoms with Gasteiger partial charge >= 0.3 is 0 Å². The van der Waals surface area contributed by atoms with E-state index in [1.807, 2.05) is 24.3 Å². The SMILES string of the molecule is COc1ccccc1CC(=O)N1CCCC1C(C)C. The quantitative estimate of drug-likeness (QED) is 0.834. The molecule has 0 radical (unpaired) electrons. The van der Waals surface area contributed by atoms with Crippen molar-refractivity contribution in [3.8, 4) is 5.75 Å². The number of ether oxygens (including phenoxy) is 1. The Morgan fingerprint density at radius 3 is 2.84 bits per heavy atom. The second kappa shape index (κ2) is 6.09. The Morgan fingerprint density at radius 2 is 2.16 bits per heavy atom. The molecule has 0 aliphatic carbocycles. The maximum Gasteiger partial charge on any atom is 0.227 e. The van der Waals surface area contributed by atoms with Crippen LogP contribution >= 0.6 is 0 Å². The lowest BCUT2D eigenvalue weighted by molar-refractivity contribution is -0.132. The monoisotopic (exact) mass is 261 g/mol. The molecular formula is C16H23NO2. The van der Waals surface area contributed by atoms with Gasteiger partial charge in [-0.2, -0.15) is 0 Å². The van der Waals surface area contributed by atoms with E-state index >= 15 is 0 Å². The highest BCUT2D eigenvalue weighted by Crippen LogP contribution is 2.26. The average molecular weight is 261 g/mol. The summed E-state index contributed by atoms with van der Waals surface area (Å²) in [6.07, 6.45) is 2.70. The number of hydrogen-bond donors (Lipinski definition) is 0. The van der Waals surface area contributed by atoms with Crippen molar-refractivity contribution in [2.45, 2.75) is 39.2 Å². The van der Waals surface area contributed by atoms with Crippen molar-refractivity contribution in [3.05, 3.63) is 29.8 Å². The van der Waals surface area contributed by atoms with Gasteiger partial charge in [0.1, 0.15) is 5.75 Å². The van der Waals surface area contributed by atoms with Crippen LogP contribution in [0.2, 0.25) is 0 Å². The number of carbonyl (C=O) groups is 1. The minimum Gasteiger partial charge on any atom is -0.496 e. The van der Waals surface area contributed by atoms with Gasteiger partial charge in [-0.1, -0.05) is 32.0 Å². The van der Waals surface area contributed by atoms with E-state index in [4.69, 9.17) is 4.74 Å². The van der Waals surface area contributed by atoms with Crippen molar-refractivity contribution < 1.29 is 9.53 Å². The number of nitrogens with zero attached hydrogens (tertiary/aromatic N) is 1. The van der Waals surface area contributed by atoms with Crippen molar-refractivity contribution >= 4 is 5.91 Å². The van der Waals surface area contributed by atoms with Gasteiger partial charge in [0.2, 0.25) is 5.91 Å². The Labute approximate surface area is 115 Å². The van der Waals surface area contributed by atoms with Crippen LogP contribution in [0.5, 0.6) is 5.75 Å². The molecule has 1 amide bonds. The minimum absolute atomic E-state index is 0.223. The molecule has 19 heavy (non-hydrogen) atoms. The zero-order chi connectivity index (χ0) is 13.8.